The van der Waals surface area contributed by atoms with Gasteiger partial charge in [-0.15, -0.1) is 35.4 Å². The molecule has 0 atom stereocenters. The maximum absolute atomic E-state index is 10.7. The Morgan fingerprint density at radius 1 is 0.531 bits per heavy atom. The molecular weight excluding hydrogens is 1200 g/mol. The molecule has 4 aromatic carbocycles. The number of nitrogens with zero attached hydrogens (tertiary/aromatic N) is 4. The molecule has 0 N–H and O–H groups in total. The van der Waals surface area contributed by atoms with Crippen molar-refractivity contribution in [2.45, 2.75) is 96.9 Å². The number of aryl methyl sites for hydroxylation is 2. The standard InChI is InChI=1S/2C15H13N2O2.2C10H20.2CH3.2ClH.2Ir/c2*1-11-6-8-14(9-7-11)16-12(2)13-4-3-5-15(10-13)17(18)19;2*1-6-7(2)9(4)10(5)8(6)3;;;;;;/h3,5-10H,1-2H3;3-9H,1-2H3;2*6-10H,1-5H3;2*1H3;2*1H;;/q2*-1;;;2*-1;;;2*+3/p-2. The fourth-order valence-electron chi connectivity index (χ4n) is 8.09. The number of rotatable bonds is 6. The van der Waals surface area contributed by atoms with Crippen molar-refractivity contribution in [3.8, 4) is 0 Å². The predicted octanol–water partition coefficient (Wildman–Crippen LogP) is 16.3. The van der Waals surface area contributed by atoms with Crippen molar-refractivity contribution in [2.24, 2.45) is 69.2 Å². The van der Waals surface area contributed by atoms with E-state index in [1.807, 2.05) is 76.2 Å². The van der Waals surface area contributed by atoms with Crippen molar-refractivity contribution in [3.63, 3.8) is 0 Å². The van der Waals surface area contributed by atoms with Crippen LogP contribution in [0.4, 0.5) is 22.7 Å². The summed E-state index contributed by atoms with van der Waals surface area (Å²) < 4.78 is 0. The molecule has 4 aromatic rings. The van der Waals surface area contributed by atoms with Gasteiger partial charge in [-0.25, -0.2) is 0 Å². The van der Waals surface area contributed by atoms with E-state index in [-0.39, 0.29) is 26.2 Å². The Hall–Kier alpha value is -3.10. The molecule has 8 nitrogen and oxygen atoms in total. The molecule has 0 amide bonds. The first-order chi connectivity index (χ1) is 29.2. The van der Waals surface area contributed by atoms with Crippen LogP contribution in [-0.2, 0) is 35.8 Å². The fourth-order valence-corrected chi connectivity index (χ4v) is 8.09. The first-order valence-corrected chi connectivity index (χ1v) is 27.0. The average molecular weight is 1270 g/mol. The predicted molar refractivity (Wildman–Crippen MR) is 266 cm³/mol. The molecule has 2 aliphatic rings. The molecule has 0 spiro atoms. The van der Waals surface area contributed by atoms with Crippen molar-refractivity contribution in [1.29, 1.82) is 0 Å². The quantitative estimate of drug-likeness (QED) is 0.0828. The van der Waals surface area contributed by atoms with Gasteiger partial charge in [0.15, 0.2) is 11.4 Å². The topological polar surface area (TPSA) is 111 Å². The summed E-state index contributed by atoms with van der Waals surface area (Å²) in [5.41, 5.74) is 6.65. The van der Waals surface area contributed by atoms with Crippen LogP contribution >= 0.6 is 19.2 Å². The van der Waals surface area contributed by atoms with E-state index in [9.17, 15) is 20.2 Å². The molecule has 0 aromatic heterocycles. The number of non-ortho nitro benzene ring substituents is 2. The minimum atomic E-state index is -0.456. The Labute approximate surface area is 416 Å². The van der Waals surface area contributed by atoms with Gasteiger partial charge in [0.25, 0.3) is 0 Å². The maximum atomic E-state index is 10.7. The third-order valence-electron chi connectivity index (χ3n) is 13.7. The second-order valence-corrected chi connectivity index (χ2v) is 17.1. The average Bonchev–Trinajstić information content (AvgIpc) is 3.56. The SMILES string of the molecule is CC(=Nc1ccc(C)cc1)c1[c-]c([N+](=O)[O-])ccc1.CC(=Nc1ccc(C)cc1)c1[c-]ccc([N+](=O)[O-])c1.CC1C(C)C(C)C(C)C1C.CC1C(C)C(C)C(C)C1C.[CH3-].[CH3-].[Cl][Ir+2].[Cl][Ir+2]. The van der Waals surface area contributed by atoms with Gasteiger partial charge in [-0.3, -0.25) is 20.2 Å². The van der Waals surface area contributed by atoms with Gasteiger partial charge in [-0.2, -0.15) is 0 Å². The monoisotopic (exact) mass is 1270 g/mol. The van der Waals surface area contributed by atoms with Crippen LogP contribution in [0.1, 0.15) is 105 Å². The normalized spacial score (nSPS) is 24.3. The summed E-state index contributed by atoms with van der Waals surface area (Å²) >= 11 is 2.94. The minimum absolute atomic E-state index is 0. The summed E-state index contributed by atoms with van der Waals surface area (Å²) in [6.45, 7) is 31.6. The van der Waals surface area contributed by atoms with E-state index in [2.05, 4.69) is 111 Å². The summed E-state index contributed by atoms with van der Waals surface area (Å²) in [6.07, 6.45) is 0. The van der Waals surface area contributed by atoms with Gasteiger partial charge in [0, 0.05) is 9.85 Å². The molecule has 0 bridgehead atoms. The van der Waals surface area contributed by atoms with Crippen LogP contribution in [-0.4, -0.2) is 21.3 Å². The van der Waals surface area contributed by atoms with Crippen molar-refractivity contribution in [1.82, 2.24) is 0 Å². The Morgan fingerprint density at radius 3 is 1.17 bits per heavy atom. The zero-order chi connectivity index (χ0) is 47.4. The second kappa shape index (κ2) is 31.8. The van der Waals surface area contributed by atoms with Crippen molar-refractivity contribution >= 4 is 53.3 Å². The number of halogens is 2. The van der Waals surface area contributed by atoms with E-state index in [1.165, 1.54) is 65.1 Å². The van der Waals surface area contributed by atoms with Crippen molar-refractivity contribution in [3.05, 3.63) is 154 Å². The van der Waals surface area contributed by atoms with Crippen LogP contribution in [0.3, 0.4) is 0 Å². The molecule has 6 rings (SSSR count). The summed E-state index contributed by atoms with van der Waals surface area (Å²) in [7, 11) is 9.28. The molecule has 12 heteroatoms. The second-order valence-electron chi connectivity index (χ2n) is 17.1. The van der Waals surface area contributed by atoms with Crippen LogP contribution in [0, 0.1) is 120 Å². The van der Waals surface area contributed by atoms with Gasteiger partial charge in [-0.1, -0.05) is 143 Å². The molecule has 0 heterocycles. The number of nitro benzene ring substituents is 2. The van der Waals surface area contributed by atoms with Crippen LogP contribution in [0.5, 0.6) is 0 Å². The number of nitro groups is 2. The van der Waals surface area contributed by atoms with E-state index in [4.69, 9.17) is 0 Å². The Kier molecular flexibility index (Phi) is 31.2. The van der Waals surface area contributed by atoms with E-state index in [0.717, 1.165) is 70.6 Å². The van der Waals surface area contributed by atoms with Crippen LogP contribution in [0.2, 0.25) is 0 Å². The van der Waals surface area contributed by atoms with Gasteiger partial charge >= 0.3 is 54.9 Å². The molecule has 0 saturated heterocycles. The molecule has 64 heavy (non-hydrogen) atoms. The molecule has 2 saturated carbocycles. The Balaban J connectivity index is 0. The van der Waals surface area contributed by atoms with Crippen LogP contribution < -0.4 is 0 Å². The third-order valence-corrected chi connectivity index (χ3v) is 13.7. The van der Waals surface area contributed by atoms with E-state index >= 15 is 0 Å². The van der Waals surface area contributed by atoms with E-state index in [0.29, 0.717) is 22.6 Å². The fraction of sp³-hybridized carbons (Fsp3) is 0.462. The molecule has 0 radical (unpaired) electrons. The Morgan fingerprint density at radius 2 is 0.859 bits per heavy atom. The molecule has 356 valence electrons. The van der Waals surface area contributed by atoms with Crippen molar-refractivity contribution in [2.75, 3.05) is 0 Å². The zero-order valence-electron chi connectivity index (χ0n) is 40.7. The third kappa shape index (κ3) is 19.4. The van der Waals surface area contributed by atoms with E-state index < -0.39 is 9.85 Å². The number of benzene rings is 4. The van der Waals surface area contributed by atoms with Gasteiger partial charge in [0.1, 0.15) is 0 Å². The molecule has 2 aliphatic carbocycles. The summed E-state index contributed by atoms with van der Waals surface area (Å²) in [6, 6.07) is 30.5. The summed E-state index contributed by atoms with van der Waals surface area (Å²) in [4.78, 5) is 29.4. The number of hydrogen-bond donors (Lipinski definition) is 0. The van der Waals surface area contributed by atoms with Gasteiger partial charge in [0.2, 0.25) is 0 Å². The molecule has 0 aliphatic heterocycles. The van der Waals surface area contributed by atoms with Gasteiger partial charge < -0.3 is 24.8 Å². The first-order valence-electron chi connectivity index (χ1n) is 21.1. The Bertz CT molecular complexity index is 1800. The molecule has 0 unspecified atom stereocenters. The summed E-state index contributed by atoms with van der Waals surface area (Å²) in [5.74, 6) is 9.35. The number of hydrogen-bond acceptors (Lipinski definition) is 6. The van der Waals surface area contributed by atoms with Crippen LogP contribution in [0.25, 0.3) is 0 Å². The van der Waals surface area contributed by atoms with Crippen molar-refractivity contribution < 1.29 is 45.6 Å². The van der Waals surface area contributed by atoms with Crippen LogP contribution in [0.15, 0.2) is 94.9 Å². The summed E-state index contributed by atoms with van der Waals surface area (Å²) in [5, 5.41) is 21.4. The number of aliphatic imine (C=N–C) groups is 2. The van der Waals surface area contributed by atoms with Gasteiger partial charge in [0.05, 0.1) is 11.4 Å². The molecule has 2 fully saturated rings. The van der Waals surface area contributed by atoms with Gasteiger partial charge in [-0.05, 0) is 109 Å². The first kappa shape index (κ1) is 63.0. The zero-order valence-corrected chi connectivity index (χ0v) is 47.0. The molecular formula is C52H72Cl2Ir2N4O4. The van der Waals surface area contributed by atoms with E-state index in [1.54, 1.807) is 18.2 Å².